The number of carbonyl (C=O) groups excluding carboxylic acids is 1. The zero-order chi connectivity index (χ0) is 22.6. The maximum atomic E-state index is 12.6. The molecule has 0 unspecified atom stereocenters. The van der Waals surface area contributed by atoms with Gasteiger partial charge in [0.15, 0.2) is 5.43 Å². The molecule has 0 saturated heterocycles. The summed E-state index contributed by atoms with van der Waals surface area (Å²) in [7, 11) is -3.59. The molecule has 1 aromatic heterocycles. The number of benzene rings is 2. The van der Waals surface area contributed by atoms with E-state index in [-0.39, 0.29) is 21.8 Å². The molecular weight excluding hydrogens is 416 g/mol. The van der Waals surface area contributed by atoms with E-state index in [2.05, 4.69) is 10.0 Å². The van der Waals surface area contributed by atoms with Crippen molar-refractivity contribution in [2.24, 2.45) is 5.92 Å². The SMILES string of the molecule is Cc1ccc2occ(/C=C/C(=O)Nc3ccc(S(=O)(=O)NCC(C)C)cc3)c(=O)c2c1. The van der Waals surface area contributed by atoms with Gasteiger partial charge in [-0.15, -0.1) is 0 Å². The van der Waals surface area contributed by atoms with Crippen molar-refractivity contribution >= 4 is 38.7 Å². The van der Waals surface area contributed by atoms with E-state index in [1.807, 2.05) is 26.8 Å². The summed E-state index contributed by atoms with van der Waals surface area (Å²) in [5, 5.41) is 3.08. The predicted octanol–water partition coefficient (Wildman–Crippen LogP) is 3.69. The third-order valence-corrected chi connectivity index (χ3v) is 5.92. The number of sulfonamides is 1. The highest BCUT2D eigenvalue weighted by Crippen LogP contribution is 2.16. The third-order valence-electron chi connectivity index (χ3n) is 4.48. The monoisotopic (exact) mass is 440 g/mol. The Hall–Kier alpha value is -3.23. The van der Waals surface area contributed by atoms with Crippen LogP contribution < -0.4 is 15.5 Å². The van der Waals surface area contributed by atoms with Crippen molar-refractivity contribution in [1.82, 2.24) is 4.72 Å². The molecule has 0 fully saturated rings. The normalized spacial score (nSPS) is 12.0. The van der Waals surface area contributed by atoms with Crippen molar-refractivity contribution in [2.75, 3.05) is 11.9 Å². The van der Waals surface area contributed by atoms with Crippen LogP contribution in [0.3, 0.4) is 0 Å². The molecule has 2 aromatic carbocycles. The highest BCUT2D eigenvalue weighted by atomic mass is 32.2. The molecule has 0 radical (unpaired) electrons. The van der Waals surface area contributed by atoms with Crippen molar-refractivity contribution in [3.63, 3.8) is 0 Å². The second-order valence-electron chi connectivity index (χ2n) is 7.61. The van der Waals surface area contributed by atoms with E-state index in [4.69, 9.17) is 4.42 Å². The number of fused-ring (bicyclic) bond motifs is 1. The van der Waals surface area contributed by atoms with Gasteiger partial charge in [-0.1, -0.05) is 25.5 Å². The van der Waals surface area contributed by atoms with Gasteiger partial charge in [0.1, 0.15) is 11.8 Å². The molecule has 0 aliphatic rings. The number of rotatable bonds is 7. The zero-order valence-electron chi connectivity index (χ0n) is 17.5. The van der Waals surface area contributed by atoms with Crippen LogP contribution in [0.2, 0.25) is 0 Å². The summed E-state index contributed by atoms with van der Waals surface area (Å²) < 4.78 is 32.4. The summed E-state index contributed by atoms with van der Waals surface area (Å²) >= 11 is 0. The first kappa shape index (κ1) is 22.5. The molecule has 0 spiro atoms. The Morgan fingerprint density at radius 1 is 1.13 bits per heavy atom. The number of carbonyl (C=O) groups is 1. The Morgan fingerprint density at radius 3 is 2.52 bits per heavy atom. The van der Waals surface area contributed by atoms with Crippen LogP contribution in [0, 0.1) is 12.8 Å². The topological polar surface area (TPSA) is 105 Å². The van der Waals surface area contributed by atoms with Crippen molar-refractivity contribution < 1.29 is 17.6 Å². The molecule has 3 aromatic rings. The van der Waals surface area contributed by atoms with Crippen LogP contribution in [0.5, 0.6) is 0 Å². The summed E-state index contributed by atoms with van der Waals surface area (Å²) in [4.78, 5) is 24.9. The molecule has 2 N–H and O–H groups in total. The standard InChI is InChI=1S/C23H24N2O5S/c1-15(2)13-24-31(28,29)19-8-6-18(7-9-19)25-22(26)11-5-17-14-30-21-10-4-16(3)12-20(21)23(17)27/h4-12,14-15,24H,13H2,1-3H3,(H,25,26)/b11-5+. The van der Waals surface area contributed by atoms with Gasteiger partial charge in [0.25, 0.3) is 0 Å². The van der Waals surface area contributed by atoms with Crippen molar-refractivity contribution in [3.05, 3.63) is 76.2 Å². The number of aryl methyl sites for hydroxylation is 1. The van der Waals surface area contributed by atoms with E-state index in [1.165, 1.54) is 42.7 Å². The van der Waals surface area contributed by atoms with Gasteiger partial charge in [-0.05, 0) is 55.3 Å². The lowest BCUT2D eigenvalue weighted by Crippen LogP contribution is -2.27. The van der Waals surface area contributed by atoms with E-state index in [1.54, 1.807) is 12.1 Å². The maximum absolute atomic E-state index is 12.6. The quantitative estimate of drug-likeness (QED) is 0.545. The first-order chi connectivity index (χ1) is 14.7. The van der Waals surface area contributed by atoms with Crippen LogP contribution >= 0.6 is 0 Å². The lowest BCUT2D eigenvalue weighted by Gasteiger charge is -2.09. The molecule has 0 aliphatic heterocycles. The molecule has 0 bridgehead atoms. The fourth-order valence-corrected chi connectivity index (χ4v) is 4.02. The Labute approximate surface area is 180 Å². The van der Waals surface area contributed by atoms with Crippen LogP contribution in [-0.4, -0.2) is 20.9 Å². The van der Waals surface area contributed by atoms with Gasteiger partial charge in [-0.2, -0.15) is 0 Å². The number of hydrogen-bond acceptors (Lipinski definition) is 5. The van der Waals surface area contributed by atoms with Crippen molar-refractivity contribution in [1.29, 1.82) is 0 Å². The Kier molecular flexibility index (Phi) is 6.72. The molecule has 3 rings (SSSR count). The minimum absolute atomic E-state index is 0.116. The lowest BCUT2D eigenvalue weighted by atomic mass is 10.1. The zero-order valence-corrected chi connectivity index (χ0v) is 18.3. The summed E-state index contributed by atoms with van der Waals surface area (Å²) in [6.07, 6.45) is 3.92. The molecule has 1 heterocycles. The average molecular weight is 441 g/mol. The lowest BCUT2D eigenvalue weighted by molar-refractivity contribution is -0.111. The van der Waals surface area contributed by atoms with E-state index in [0.29, 0.717) is 23.2 Å². The minimum atomic E-state index is -3.59. The van der Waals surface area contributed by atoms with Crippen LogP contribution in [0.4, 0.5) is 5.69 Å². The molecule has 1 amide bonds. The largest absolute Gasteiger partial charge is 0.463 e. The Balaban J connectivity index is 1.70. The van der Waals surface area contributed by atoms with Gasteiger partial charge in [-0.25, -0.2) is 13.1 Å². The van der Waals surface area contributed by atoms with Gasteiger partial charge in [0.05, 0.1) is 15.8 Å². The highest BCUT2D eigenvalue weighted by molar-refractivity contribution is 7.89. The van der Waals surface area contributed by atoms with Crippen LogP contribution in [0.1, 0.15) is 25.0 Å². The van der Waals surface area contributed by atoms with Gasteiger partial charge in [0.2, 0.25) is 15.9 Å². The summed E-state index contributed by atoms with van der Waals surface area (Å²) in [5.74, 6) is -0.272. The number of amides is 1. The third kappa shape index (κ3) is 5.68. The van der Waals surface area contributed by atoms with E-state index < -0.39 is 15.9 Å². The minimum Gasteiger partial charge on any atom is -0.463 e. The molecule has 162 valence electrons. The molecular formula is C23H24N2O5S. The second kappa shape index (κ2) is 9.28. The summed E-state index contributed by atoms with van der Waals surface area (Å²) in [5.41, 5.74) is 1.88. The Bertz CT molecular complexity index is 1290. The van der Waals surface area contributed by atoms with Gasteiger partial charge < -0.3 is 9.73 Å². The molecule has 8 heteroatoms. The van der Waals surface area contributed by atoms with E-state index in [9.17, 15) is 18.0 Å². The fourth-order valence-electron chi connectivity index (χ4n) is 2.80. The van der Waals surface area contributed by atoms with Crippen molar-refractivity contribution in [2.45, 2.75) is 25.7 Å². The first-order valence-electron chi connectivity index (χ1n) is 9.76. The maximum Gasteiger partial charge on any atom is 0.248 e. The molecule has 0 atom stereocenters. The van der Waals surface area contributed by atoms with Gasteiger partial charge >= 0.3 is 0 Å². The molecule has 31 heavy (non-hydrogen) atoms. The average Bonchev–Trinajstić information content (AvgIpc) is 2.73. The smallest absolute Gasteiger partial charge is 0.248 e. The summed E-state index contributed by atoms with van der Waals surface area (Å²) in [6.45, 7) is 6.05. The fraction of sp³-hybridized carbons (Fsp3) is 0.217. The van der Waals surface area contributed by atoms with Crippen LogP contribution in [-0.2, 0) is 14.8 Å². The van der Waals surface area contributed by atoms with Crippen molar-refractivity contribution in [3.8, 4) is 0 Å². The van der Waals surface area contributed by atoms with Gasteiger partial charge in [-0.3, -0.25) is 9.59 Å². The molecule has 0 aliphatic carbocycles. The second-order valence-corrected chi connectivity index (χ2v) is 9.38. The van der Waals surface area contributed by atoms with E-state index in [0.717, 1.165) is 5.56 Å². The Morgan fingerprint density at radius 2 is 1.84 bits per heavy atom. The predicted molar refractivity (Wildman–Crippen MR) is 121 cm³/mol. The number of nitrogens with one attached hydrogen (secondary N) is 2. The summed E-state index contributed by atoms with van der Waals surface area (Å²) in [6, 6.07) is 11.2. The number of anilines is 1. The number of hydrogen-bond donors (Lipinski definition) is 2. The molecule has 7 nitrogen and oxygen atoms in total. The molecule has 0 saturated carbocycles. The van der Waals surface area contributed by atoms with E-state index >= 15 is 0 Å². The highest BCUT2D eigenvalue weighted by Gasteiger charge is 2.14. The van der Waals surface area contributed by atoms with Gasteiger partial charge in [0, 0.05) is 18.3 Å². The first-order valence-corrected chi connectivity index (χ1v) is 11.2. The van der Waals surface area contributed by atoms with Crippen LogP contribution in [0.15, 0.2) is 68.9 Å². The van der Waals surface area contributed by atoms with Crippen LogP contribution in [0.25, 0.3) is 17.0 Å².